The Bertz CT molecular complexity index is 529. The van der Waals surface area contributed by atoms with Gasteiger partial charge in [0.1, 0.15) is 0 Å². The molecule has 1 heterocycles. The van der Waals surface area contributed by atoms with E-state index in [0.717, 1.165) is 31.0 Å². The Morgan fingerprint density at radius 3 is 2.40 bits per heavy atom. The highest BCUT2D eigenvalue weighted by Crippen LogP contribution is 2.27. The summed E-state index contributed by atoms with van der Waals surface area (Å²) < 4.78 is 10.5. The lowest BCUT2D eigenvalue weighted by Gasteiger charge is -2.10. The first-order valence-electron chi connectivity index (χ1n) is 6.64. The molecule has 20 heavy (non-hydrogen) atoms. The van der Waals surface area contributed by atoms with Crippen molar-refractivity contribution in [2.75, 3.05) is 20.8 Å². The Balaban J connectivity index is 1.82. The smallest absolute Gasteiger partial charge is 0.161 e. The van der Waals surface area contributed by atoms with Gasteiger partial charge in [-0.05, 0) is 48.4 Å². The van der Waals surface area contributed by atoms with Gasteiger partial charge in [0.25, 0.3) is 0 Å². The quantitative estimate of drug-likeness (QED) is 0.786. The Labute approximate surface area is 119 Å². The maximum atomic E-state index is 5.29. The summed E-state index contributed by atoms with van der Waals surface area (Å²) in [7, 11) is 3.29. The normalized spacial score (nSPS) is 10.3. The molecule has 0 amide bonds. The zero-order valence-electron chi connectivity index (χ0n) is 11.9. The highest BCUT2D eigenvalue weighted by atomic mass is 16.5. The molecule has 106 valence electrons. The Morgan fingerprint density at radius 1 is 0.950 bits per heavy atom. The third-order valence-electron chi connectivity index (χ3n) is 3.12. The number of pyridine rings is 1. The van der Waals surface area contributed by atoms with Gasteiger partial charge in [0.15, 0.2) is 11.5 Å². The number of hydrogen-bond acceptors (Lipinski definition) is 4. The molecule has 0 aliphatic rings. The van der Waals surface area contributed by atoms with Crippen LogP contribution in [0, 0.1) is 0 Å². The molecule has 2 rings (SSSR count). The SMILES string of the molecule is COc1ccc(CNCCc2ccncc2)cc1OC. The number of benzene rings is 1. The van der Waals surface area contributed by atoms with Gasteiger partial charge in [-0.1, -0.05) is 6.07 Å². The van der Waals surface area contributed by atoms with E-state index in [2.05, 4.69) is 10.3 Å². The van der Waals surface area contributed by atoms with Gasteiger partial charge in [-0.15, -0.1) is 0 Å². The van der Waals surface area contributed by atoms with Gasteiger partial charge in [0, 0.05) is 18.9 Å². The van der Waals surface area contributed by atoms with Crippen LogP contribution in [0.5, 0.6) is 11.5 Å². The second kappa shape index (κ2) is 7.50. The molecule has 0 aliphatic carbocycles. The summed E-state index contributed by atoms with van der Waals surface area (Å²) in [5, 5.41) is 3.42. The predicted octanol–water partition coefficient (Wildman–Crippen LogP) is 2.43. The molecule has 0 aliphatic heterocycles. The van der Waals surface area contributed by atoms with Gasteiger partial charge >= 0.3 is 0 Å². The first-order chi connectivity index (χ1) is 9.83. The molecule has 4 nitrogen and oxygen atoms in total. The average molecular weight is 272 g/mol. The molecule has 1 aromatic heterocycles. The van der Waals surface area contributed by atoms with E-state index < -0.39 is 0 Å². The molecule has 2 aromatic rings. The van der Waals surface area contributed by atoms with Gasteiger partial charge < -0.3 is 14.8 Å². The van der Waals surface area contributed by atoms with Crippen molar-refractivity contribution in [3.63, 3.8) is 0 Å². The number of ether oxygens (including phenoxy) is 2. The molecule has 4 heteroatoms. The summed E-state index contributed by atoms with van der Waals surface area (Å²) in [6.45, 7) is 1.74. The average Bonchev–Trinajstić information content (AvgIpc) is 2.52. The fourth-order valence-corrected chi connectivity index (χ4v) is 2.01. The molecular weight excluding hydrogens is 252 g/mol. The number of methoxy groups -OCH3 is 2. The highest BCUT2D eigenvalue weighted by molar-refractivity contribution is 5.42. The third kappa shape index (κ3) is 3.96. The molecule has 0 bridgehead atoms. The zero-order valence-corrected chi connectivity index (χ0v) is 11.9. The van der Waals surface area contributed by atoms with Crippen molar-refractivity contribution in [3.8, 4) is 11.5 Å². The molecule has 0 fully saturated rings. The van der Waals surface area contributed by atoms with Crippen LogP contribution in [0.2, 0.25) is 0 Å². The second-order valence-electron chi connectivity index (χ2n) is 4.47. The lowest BCUT2D eigenvalue weighted by Crippen LogP contribution is -2.16. The van der Waals surface area contributed by atoms with E-state index in [-0.39, 0.29) is 0 Å². The minimum atomic E-state index is 0.757. The minimum absolute atomic E-state index is 0.757. The molecular formula is C16H20N2O2. The monoisotopic (exact) mass is 272 g/mol. The van der Waals surface area contributed by atoms with Crippen LogP contribution in [0.3, 0.4) is 0 Å². The van der Waals surface area contributed by atoms with Crippen molar-refractivity contribution in [1.82, 2.24) is 10.3 Å². The van der Waals surface area contributed by atoms with E-state index in [0.29, 0.717) is 0 Å². The van der Waals surface area contributed by atoms with Crippen LogP contribution in [0.4, 0.5) is 0 Å². The maximum absolute atomic E-state index is 5.29. The molecule has 0 spiro atoms. The van der Waals surface area contributed by atoms with Crippen molar-refractivity contribution >= 4 is 0 Å². The van der Waals surface area contributed by atoms with E-state index in [1.54, 1.807) is 14.2 Å². The number of rotatable bonds is 7. The van der Waals surface area contributed by atoms with E-state index in [1.807, 2.05) is 42.7 Å². The number of nitrogens with one attached hydrogen (secondary N) is 1. The van der Waals surface area contributed by atoms with Crippen molar-refractivity contribution in [1.29, 1.82) is 0 Å². The van der Waals surface area contributed by atoms with Gasteiger partial charge in [-0.3, -0.25) is 4.98 Å². The van der Waals surface area contributed by atoms with E-state index in [9.17, 15) is 0 Å². The van der Waals surface area contributed by atoms with Crippen LogP contribution in [-0.4, -0.2) is 25.7 Å². The highest BCUT2D eigenvalue weighted by Gasteiger charge is 2.04. The van der Waals surface area contributed by atoms with Crippen LogP contribution in [0.25, 0.3) is 0 Å². The van der Waals surface area contributed by atoms with Crippen LogP contribution < -0.4 is 14.8 Å². The Hall–Kier alpha value is -2.07. The number of nitrogens with zero attached hydrogens (tertiary/aromatic N) is 1. The summed E-state index contributed by atoms with van der Waals surface area (Å²) in [6.07, 6.45) is 4.64. The first-order valence-corrected chi connectivity index (χ1v) is 6.64. The maximum Gasteiger partial charge on any atom is 0.161 e. The molecule has 0 unspecified atom stereocenters. The van der Waals surface area contributed by atoms with Crippen molar-refractivity contribution in [2.45, 2.75) is 13.0 Å². The van der Waals surface area contributed by atoms with Crippen LogP contribution in [-0.2, 0) is 13.0 Å². The summed E-state index contributed by atoms with van der Waals surface area (Å²) >= 11 is 0. The third-order valence-corrected chi connectivity index (χ3v) is 3.12. The fourth-order valence-electron chi connectivity index (χ4n) is 2.01. The van der Waals surface area contributed by atoms with Crippen LogP contribution >= 0.6 is 0 Å². The lowest BCUT2D eigenvalue weighted by molar-refractivity contribution is 0.354. The van der Waals surface area contributed by atoms with Gasteiger partial charge in [-0.25, -0.2) is 0 Å². The topological polar surface area (TPSA) is 43.4 Å². The first kappa shape index (κ1) is 14.3. The zero-order chi connectivity index (χ0) is 14.2. The molecule has 1 N–H and O–H groups in total. The van der Waals surface area contributed by atoms with E-state index >= 15 is 0 Å². The minimum Gasteiger partial charge on any atom is -0.493 e. The molecule has 0 atom stereocenters. The largest absolute Gasteiger partial charge is 0.493 e. The van der Waals surface area contributed by atoms with Crippen LogP contribution in [0.15, 0.2) is 42.7 Å². The van der Waals surface area contributed by atoms with Crippen molar-refractivity contribution in [2.24, 2.45) is 0 Å². The molecule has 0 saturated heterocycles. The fraction of sp³-hybridized carbons (Fsp3) is 0.312. The lowest BCUT2D eigenvalue weighted by atomic mass is 10.2. The van der Waals surface area contributed by atoms with Crippen molar-refractivity contribution in [3.05, 3.63) is 53.9 Å². The number of aromatic nitrogens is 1. The van der Waals surface area contributed by atoms with Gasteiger partial charge in [0.2, 0.25) is 0 Å². The number of hydrogen-bond donors (Lipinski definition) is 1. The summed E-state index contributed by atoms with van der Waals surface area (Å²) in [5.41, 5.74) is 2.47. The predicted molar refractivity (Wildman–Crippen MR) is 79.2 cm³/mol. The summed E-state index contributed by atoms with van der Waals surface area (Å²) in [4.78, 5) is 4.01. The second-order valence-corrected chi connectivity index (χ2v) is 4.47. The molecule has 0 radical (unpaired) electrons. The van der Waals surface area contributed by atoms with Gasteiger partial charge in [-0.2, -0.15) is 0 Å². The van der Waals surface area contributed by atoms with E-state index in [1.165, 1.54) is 11.1 Å². The summed E-state index contributed by atoms with van der Waals surface area (Å²) in [6, 6.07) is 10.0. The Kier molecular flexibility index (Phi) is 5.38. The van der Waals surface area contributed by atoms with Gasteiger partial charge in [0.05, 0.1) is 14.2 Å². The summed E-state index contributed by atoms with van der Waals surface area (Å²) in [5.74, 6) is 1.52. The molecule has 1 aromatic carbocycles. The van der Waals surface area contributed by atoms with Crippen molar-refractivity contribution < 1.29 is 9.47 Å². The molecule has 0 saturated carbocycles. The standard InChI is InChI=1S/C16H20N2O2/c1-19-15-4-3-14(11-16(15)20-2)12-18-10-7-13-5-8-17-9-6-13/h3-6,8-9,11,18H,7,10,12H2,1-2H3. The van der Waals surface area contributed by atoms with E-state index in [4.69, 9.17) is 9.47 Å². The Morgan fingerprint density at radius 2 is 1.70 bits per heavy atom. The van der Waals surface area contributed by atoms with Crippen LogP contribution in [0.1, 0.15) is 11.1 Å².